The van der Waals surface area contributed by atoms with Gasteiger partial charge in [-0.1, -0.05) is 24.3 Å². The van der Waals surface area contributed by atoms with Gasteiger partial charge in [0.1, 0.15) is 5.75 Å². The summed E-state index contributed by atoms with van der Waals surface area (Å²) in [4.78, 5) is 42.1. The van der Waals surface area contributed by atoms with Gasteiger partial charge in [0.05, 0.1) is 18.4 Å². The van der Waals surface area contributed by atoms with Crippen LogP contribution in [0.25, 0.3) is 21.9 Å². The second-order valence-electron chi connectivity index (χ2n) is 9.12. The first-order valence-corrected chi connectivity index (χ1v) is 12.2. The van der Waals surface area contributed by atoms with Gasteiger partial charge in [0, 0.05) is 24.8 Å². The fourth-order valence-corrected chi connectivity index (χ4v) is 4.81. The molecule has 1 aliphatic heterocycles. The Morgan fingerprint density at radius 1 is 1.14 bits per heavy atom. The van der Waals surface area contributed by atoms with Gasteiger partial charge in [0.15, 0.2) is 6.10 Å². The molecule has 3 aromatic rings. The topological polar surface area (TPSA) is 88.7 Å². The van der Waals surface area contributed by atoms with Gasteiger partial charge >= 0.3 is 5.97 Å². The molecule has 2 aromatic carbocycles. The molecule has 1 aliphatic rings. The fraction of sp³-hybridized carbons (Fsp3) is 0.393. The van der Waals surface area contributed by atoms with Crippen LogP contribution in [0, 0.1) is 12.8 Å². The summed E-state index contributed by atoms with van der Waals surface area (Å²) in [6.45, 7) is 7.06. The Kier molecular flexibility index (Phi) is 7.54. The van der Waals surface area contributed by atoms with Crippen LogP contribution in [-0.2, 0) is 14.3 Å². The largest absolute Gasteiger partial charge is 0.481 e. The van der Waals surface area contributed by atoms with Crippen molar-refractivity contribution in [2.75, 3.05) is 19.7 Å². The predicted molar refractivity (Wildman–Crippen MR) is 135 cm³/mol. The van der Waals surface area contributed by atoms with Gasteiger partial charge in [-0.15, -0.1) is 0 Å². The third-order valence-electron chi connectivity index (χ3n) is 6.56. The maximum absolute atomic E-state index is 13.1. The van der Waals surface area contributed by atoms with Crippen molar-refractivity contribution in [3.63, 3.8) is 0 Å². The zero-order valence-electron chi connectivity index (χ0n) is 20.5. The highest BCUT2D eigenvalue weighted by Crippen LogP contribution is 2.31. The Hall–Kier alpha value is -3.61. The minimum Gasteiger partial charge on any atom is -0.481 e. The Bertz CT molecular complexity index is 1280. The number of rotatable bonds is 7. The normalized spacial score (nSPS) is 16.7. The summed E-state index contributed by atoms with van der Waals surface area (Å²) in [5, 5.41) is 1.34. The summed E-state index contributed by atoms with van der Waals surface area (Å²) in [7, 11) is 0. The van der Waals surface area contributed by atoms with Crippen LogP contribution in [0.15, 0.2) is 53.5 Å². The molecule has 35 heavy (non-hydrogen) atoms. The first kappa shape index (κ1) is 24.5. The highest BCUT2D eigenvalue weighted by molar-refractivity contribution is 5.97. The molecule has 0 unspecified atom stereocenters. The van der Waals surface area contributed by atoms with Crippen molar-refractivity contribution in [1.82, 2.24) is 9.88 Å². The number of aryl methyl sites for hydroxylation is 1. The molecule has 0 spiro atoms. The first-order chi connectivity index (χ1) is 16.9. The van der Waals surface area contributed by atoms with Gasteiger partial charge in [-0.05, 0) is 74.2 Å². The number of pyridine rings is 1. The lowest BCUT2D eigenvalue weighted by Gasteiger charge is -2.34. The van der Waals surface area contributed by atoms with Gasteiger partial charge in [0.25, 0.3) is 11.5 Å². The molecular weight excluding hydrogens is 444 g/mol. The summed E-state index contributed by atoms with van der Waals surface area (Å²) in [6.07, 6.45) is 3.09. The number of nitrogens with zero attached hydrogens (tertiary/aromatic N) is 1. The van der Waals surface area contributed by atoms with Gasteiger partial charge < -0.3 is 19.4 Å². The molecule has 1 fully saturated rings. The van der Waals surface area contributed by atoms with Crippen LogP contribution in [0.3, 0.4) is 0 Å². The summed E-state index contributed by atoms with van der Waals surface area (Å²) in [5.41, 5.74) is 2.89. The van der Waals surface area contributed by atoms with Crippen molar-refractivity contribution in [1.29, 1.82) is 0 Å². The zero-order valence-corrected chi connectivity index (χ0v) is 20.5. The number of H-pyrrole nitrogens is 1. The molecule has 1 amide bonds. The van der Waals surface area contributed by atoms with E-state index in [0.29, 0.717) is 37.3 Å². The van der Waals surface area contributed by atoms with Crippen molar-refractivity contribution in [3.05, 3.63) is 64.6 Å². The van der Waals surface area contributed by atoms with E-state index in [4.69, 9.17) is 9.47 Å². The number of hydrogen-bond acceptors (Lipinski definition) is 5. The first-order valence-electron chi connectivity index (χ1n) is 12.2. The summed E-state index contributed by atoms with van der Waals surface area (Å²) in [5.74, 6) is 0.215. The maximum Gasteiger partial charge on any atom is 0.306 e. The van der Waals surface area contributed by atoms with Crippen molar-refractivity contribution >= 4 is 22.6 Å². The van der Waals surface area contributed by atoms with Crippen LogP contribution in [0.1, 0.15) is 38.7 Å². The molecule has 0 saturated carbocycles. The van der Waals surface area contributed by atoms with Crippen LogP contribution in [-0.4, -0.2) is 47.6 Å². The second kappa shape index (κ2) is 10.8. The average Bonchev–Trinajstić information content (AvgIpc) is 2.85. The van der Waals surface area contributed by atoms with Gasteiger partial charge in [-0.2, -0.15) is 0 Å². The van der Waals surface area contributed by atoms with Crippen molar-refractivity contribution in [3.8, 4) is 16.9 Å². The number of benzene rings is 2. The number of carbonyl (C=O) groups is 2. The van der Waals surface area contributed by atoms with E-state index in [0.717, 1.165) is 34.9 Å². The second-order valence-corrected chi connectivity index (χ2v) is 9.12. The molecule has 1 N–H and O–H groups in total. The van der Waals surface area contributed by atoms with E-state index in [9.17, 15) is 14.4 Å². The monoisotopic (exact) mass is 476 g/mol. The quantitative estimate of drug-likeness (QED) is 0.509. The smallest absolute Gasteiger partial charge is 0.306 e. The standard InChI is InChI=1S/C28H32N2O5/c1-4-34-26(31)14-20-9-7-13-30(17-20)28(33)19(3)35-21-11-12-23-24(15-21)27(32)29-16-25(23)22-10-6-5-8-18(22)2/h5-6,8,10-12,15-16,19-20H,4,7,9,13-14,17H2,1-3H3,(H,29,32)/t19-,20-/m1/s1. The third-order valence-corrected chi connectivity index (χ3v) is 6.56. The molecule has 7 nitrogen and oxygen atoms in total. The van der Waals surface area contributed by atoms with E-state index in [1.165, 1.54) is 0 Å². The molecule has 2 heterocycles. The third kappa shape index (κ3) is 5.56. The highest BCUT2D eigenvalue weighted by atomic mass is 16.5. The van der Waals surface area contributed by atoms with Gasteiger partial charge in [-0.25, -0.2) is 0 Å². The Labute approximate surface area is 205 Å². The lowest BCUT2D eigenvalue weighted by Crippen LogP contribution is -2.46. The molecule has 4 rings (SSSR count). The van der Waals surface area contributed by atoms with E-state index >= 15 is 0 Å². The number of piperidine rings is 1. The van der Waals surface area contributed by atoms with E-state index in [1.807, 2.05) is 37.3 Å². The molecule has 0 aliphatic carbocycles. The number of esters is 1. The Balaban J connectivity index is 1.50. The molecule has 0 bridgehead atoms. The van der Waals surface area contributed by atoms with E-state index in [2.05, 4.69) is 4.98 Å². The Morgan fingerprint density at radius 3 is 2.71 bits per heavy atom. The number of aromatic nitrogens is 1. The zero-order chi connectivity index (χ0) is 24.9. The van der Waals surface area contributed by atoms with Crippen LogP contribution < -0.4 is 10.3 Å². The lowest BCUT2D eigenvalue weighted by molar-refractivity contribution is -0.147. The van der Waals surface area contributed by atoms with Crippen LogP contribution in [0.4, 0.5) is 0 Å². The van der Waals surface area contributed by atoms with Crippen LogP contribution >= 0.6 is 0 Å². The van der Waals surface area contributed by atoms with Crippen molar-refractivity contribution in [2.24, 2.45) is 5.92 Å². The van der Waals surface area contributed by atoms with Crippen LogP contribution in [0.2, 0.25) is 0 Å². The number of likely N-dealkylation sites (tertiary alicyclic amines) is 1. The molecule has 184 valence electrons. The predicted octanol–water partition coefficient (Wildman–Crippen LogP) is 4.46. The van der Waals surface area contributed by atoms with E-state index < -0.39 is 6.10 Å². The average molecular weight is 477 g/mol. The highest BCUT2D eigenvalue weighted by Gasteiger charge is 2.29. The number of amides is 1. The van der Waals surface area contributed by atoms with Crippen LogP contribution in [0.5, 0.6) is 5.75 Å². The van der Waals surface area contributed by atoms with Crippen molar-refractivity contribution < 1.29 is 19.1 Å². The summed E-state index contributed by atoms with van der Waals surface area (Å²) >= 11 is 0. The van der Waals surface area contributed by atoms with E-state index in [1.54, 1.807) is 37.1 Å². The molecule has 0 radical (unpaired) electrons. The fourth-order valence-electron chi connectivity index (χ4n) is 4.81. The summed E-state index contributed by atoms with van der Waals surface area (Å²) < 4.78 is 11.0. The number of fused-ring (bicyclic) bond motifs is 1. The number of ether oxygens (including phenoxy) is 2. The Morgan fingerprint density at radius 2 is 1.94 bits per heavy atom. The SMILES string of the molecule is CCOC(=O)C[C@H]1CCCN(C(=O)[C@@H](C)Oc2ccc3c(-c4ccccc4C)c[nH]c(=O)c3c2)C1. The lowest BCUT2D eigenvalue weighted by atomic mass is 9.94. The minimum absolute atomic E-state index is 0.0954. The number of carbonyl (C=O) groups excluding carboxylic acids is 2. The molecule has 2 atom stereocenters. The van der Waals surface area contributed by atoms with E-state index in [-0.39, 0.29) is 23.4 Å². The van der Waals surface area contributed by atoms with Gasteiger partial charge in [0.2, 0.25) is 0 Å². The number of nitrogens with one attached hydrogen (secondary N) is 1. The van der Waals surface area contributed by atoms with Gasteiger partial charge in [-0.3, -0.25) is 14.4 Å². The minimum atomic E-state index is -0.715. The molecular formula is C28H32N2O5. The molecule has 1 saturated heterocycles. The number of hydrogen-bond donors (Lipinski definition) is 1. The molecule has 1 aromatic heterocycles. The van der Waals surface area contributed by atoms with Crippen molar-refractivity contribution in [2.45, 2.75) is 46.1 Å². The number of aromatic amines is 1. The summed E-state index contributed by atoms with van der Waals surface area (Å²) in [6, 6.07) is 13.4. The molecule has 7 heteroatoms. The maximum atomic E-state index is 13.1.